The van der Waals surface area contributed by atoms with Crippen molar-refractivity contribution < 1.29 is 9.53 Å². The number of thiophene rings is 1. The molecule has 0 bridgehead atoms. The van der Waals surface area contributed by atoms with Crippen molar-refractivity contribution in [2.75, 3.05) is 39.9 Å². The number of fused-ring (bicyclic) bond motifs is 1. The number of carbonyl (C=O) groups excluding carboxylic acids is 1. The molecule has 2 aliphatic heterocycles. The average Bonchev–Trinajstić information content (AvgIpc) is 3.12. The summed E-state index contributed by atoms with van der Waals surface area (Å²) in [4.78, 5) is 16.9. The zero-order valence-corrected chi connectivity index (χ0v) is 12.1. The number of hydrogen-bond acceptors (Lipinski definition) is 4. The van der Waals surface area contributed by atoms with Gasteiger partial charge in [-0.25, -0.2) is 0 Å². The van der Waals surface area contributed by atoms with E-state index in [0.717, 1.165) is 38.3 Å². The van der Waals surface area contributed by atoms with Gasteiger partial charge >= 0.3 is 0 Å². The van der Waals surface area contributed by atoms with E-state index in [9.17, 15) is 4.79 Å². The average molecular weight is 280 g/mol. The molecule has 2 fully saturated rings. The molecule has 3 heterocycles. The van der Waals surface area contributed by atoms with E-state index in [1.165, 1.54) is 6.42 Å². The topological polar surface area (TPSA) is 32.8 Å². The lowest BCUT2D eigenvalue weighted by Gasteiger charge is -2.24. The lowest BCUT2D eigenvalue weighted by molar-refractivity contribution is 0.0765. The van der Waals surface area contributed by atoms with Crippen LogP contribution in [0.1, 0.15) is 16.8 Å². The van der Waals surface area contributed by atoms with Crippen LogP contribution in [-0.4, -0.2) is 61.6 Å². The Morgan fingerprint density at radius 2 is 2.42 bits per heavy atom. The second-order valence-electron chi connectivity index (χ2n) is 5.37. The van der Waals surface area contributed by atoms with Gasteiger partial charge in [0.15, 0.2) is 0 Å². The van der Waals surface area contributed by atoms with E-state index in [2.05, 4.69) is 4.90 Å². The number of likely N-dealkylation sites (tertiary alicyclic amines) is 2. The highest BCUT2D eigenvalue weighted by Gasteiger charge is 2.42. The predicted octanol–water partition coefficient (Wildman–Crippen LogP) is 1.54. The zero-order valence-electron chi connectivity index (χ0n) is 11.2. The van der Waals surface area contributed by atoms with E-state index >= 15 is 0 Å². The molecule has 0 radical (unpaired) electrons. The number of methoxy groups -OCH3 is 1. The van der Waals surface area contributed by atoms with E-state index < -0.39 is 0 Å². The molecule has 2 saturated heterocycles. The molecular weight excluding hydrogens is 260 g/mol. The van der Waals surface area contributed by atoms with Crippen LogP contribution in [0.15, 0.2) is 16.8 Å². The first-order valence-electron chi connectivity index (χ1n) is 6.84. The van der Waals surface area contributed by atoms with Crippen LogP contribution >= 0.6 is 11.3 Å². The highest BCUT2D eigenvalue weighted by atomic mass is 32.1. The Morgan fingerprint density at radius 3 is 3.16 bits per heavy atom. The molecule has 1 aromatic heterocycles. The standard InChI is InChI=1S/C14H20N2O2S/c1-18-6-5-15-4-2-11-8-16(9-13(11)15)14(17)12-3-7-19-10-12/h3,7,10-11,13H,2,4-6,8-9H2,1H3/t11-,13+/m1/s1. The minimum atomic E-state index is 0.197. The Balaban J connectivity index is 1.62. The number of ether oxygens (including phenoxy) is 1. The number of carbonyl (C=O) groups is 1. The minimum Gasteiger partial charge on any atom is -0.383 e. The molecule has 0 saturated carbocycles. The van der Waals surface area contributed by atoms with Gasteiger partial charge in [0.05, 0.1) is 12.2 Å². The van der Waals surface area contributed by atoms with E-state index in [1.807, 2.05) is 21.7 Å². The molecule has 0 aliphatic carbocycles. The van der Waals surface area contributed by atoms with Gasteiger partial charge in [0.1, 0.15) is 0 Å². The smallest absolute Gasteiger partial charge is 0.254 e. The quantitative estimate of drug-likeness (QED) is 0.839. The lowest BCUT2D eigenvalue weighted by Crippen LogP contribution is -2.38. The Bertz CT molecular complexity index is 435. The van der Waals surface area contributed by atoms with Gasteiger partial charge in [0.25, 0.3) is 5.91 Å². The summed E-state index contributed by atoms with van der Waals surface area (Å²) in [5.74, 6) is 0.849. The molecule has 0 unspecified atom stereocenters. The van der Waals surface area contributed by atoms with Crippen molar-refractivity contribution in [2.24, 2.45) is 5.92 Å². The molecule has 4 nitrogen and oxygen atoms in total. The van der Waals surface area contributed by atoms with Gasteiger partial charge in [-0.15, -0.1) is 0 Å². The molecule has 1 amide bonds. The lowest BCUT2D eigenvalue weighted by atomic mass is 10.1. The summed E-state index contributed by atoms with van der Waals surface area (Å²) < 4.78 is 5.16. The molecule has 3 rings (SSSR count). The third kappa shape index (κ3) is 2.55. The number of nitrogens with zero attached hydrogens (tertiary/aromatic N) is 2. The summed E-state index contributed by atoms with van der Waals surface area (Å²) in [6.07, 6.45) is 1.21. The first kappa shape index (κ1) is 13.1. The summed E-state index contributed by atoms with van der Waals surface area (Å²) in [6.45, 7) is 4.71. The van der Waals surface area contributed by atoms with E-state index in [1.54, 1.807) is 18.4 Å². The van der Waals surface area contributed by atoms with Crippen LogP contribution in [0.3, 0.4) is 0 Å². The summed E-state index contributed by atoms with van der Waals surface area (Å²) in [6, 6.07) is 2.46. The van der Waals surface area contributed by atoms with Crippen LogP contribution in [0.25, 0.3) is 0 Å². The molecule has 0 N–H and O–H groups in total. The van der Waals surface area contributed by atoms with E-state index in [4.69, 9.17) is 4.74 Å². The first-order valence-corrected chi connectivity index (χ1v) is 7.78. The monoisotopic (exact) mass is 280 g/mol. The van der Waals surface area contributed by atoms with Crippen LogP contribution in [0, 0.1) is 5.92 Å². The number of rotatable bonds is 4. The maximum absolute atomic E-state index is 12.3. The Labute approximate surface area is 118 Å². The van der Waals surface area contributed by atoms with Gasteiger partial charge in [0, 0.05) is 38.2 Å². The van der Waals surface area contributed by atoms with Gasteiger partial charge in [-0.3, -0.25) is 9.69 Å². The fourth-order valence-corrected chi connectivity index (χ4v) is 3.90. The Morgan fingerprint density at radius 1 is 1.53 bits per heavy atom. The van der Waals surface area contributed by atoms with Crippen LogP contribution < -0.4 is 0 Å². The Kier molecular flexibility index (Phi) is 3.86. The SMILES string of the molecule is COCCN1CC[C@@H]2CN(C(=O)c3ccsc3)C[C@@H]21. The fourth-order valence-electron chi connectivity index (χ4n) is 3.27. The highest BCUT2D eigenvalue weighted by molar-refractivity contribution is 7.08. The summed E-state index contributed by atoms with van der Waals surface area (Å²) in [5.41, 5.74) is 0.841. The molecule has 2 atom stereocenters. The third-order valence-corrected chi connectivity index (χ3v) is 4.98. The van der Waals surface area contributed by atoms with Gasteiger partial charge in [-0.2, -0.15) is 11.3 Å². The highest BCUT2D eigenvalue weighted by Crippen LogP contribution is 2.32. The molecule has 1 aromatic rings. The number of hydrogen-bond donors (Lipinski definition) is 0. The normalized spacial score (nSPS) is 26.9. The van der Waals surface area contributed by atoms with Crippen molar-refractivity contribution in [3.63, 3.8) is 0 Å². The maximum atomic E-state index is 12.3. The van der Waals surface area contributed by atoms with E-state index in [-0.39, 0.29) is 5.91 Å². The second kappa shape index (κ2) is 5.61. The predicted molar refractivity (Wildman–Crippen MR) is 75.6 cm³/mol. The molecule has 0 spiro atoms. The Hall–Kier alpha value is -0.910. The van der Waals surface area contributed by atoms with Crippen molar-refractivity contribution in [3.05, 3.63) is 22.4 Å². The van der Waals surface area contributed by atoms with Crippen LogP contribution in [0.4, 0.5) is 0 Å². The van der Waals surface area contributed by atoms with Gasteiger partial charge in [0.2, 0.25) is 0 Å². The van der Waals surface area contributed by atoms with Crippen LogP contribution in [0.5, 0.6) is 0 Å². The van der Waals surface area contributed by atoms with Crippen LogP contribution in [0.2, 0.25) is 0 Å². The largest absolute Gasteiger partial charge is 0.383 e. The van der Waals surface area contributed by atoms with Crippen molar-refractivity contribution in [1.29, 1.82) is 0 Å². The number of amides is 1. The molecule has 0 aromatic carbocycles. The second-order valence-corrected chi connectivity index (χ2v) is 6.15. The van der Waals surface area contributed by atoms with E-state index in [0.29, 0.717) is 12.0 Å². The van der Waals surface area contributed by atoms with Crippen molar-refractivity contribution in [1.82, 2.24) is 9.80 Å². The van der Waals surface area contributed by atoms with Crippen molar-refractivity contribution >= 4 is 17.2 Å². The molecule has 104 valence electrons. The summed E-state index contributed by atoms with van der Waals surface area (Å²) in [7, 11) is 1.74. The molecular formula is C14H20N2O2S. The summed E-state index contributed by atoms with van der Waals surface area (Å²) >= 11 is 1.59. The molecule has 2 aliphatic rings. The molecule has 5 heteroatoms. The van der Waals surface area contributed by atoms with Crippen molar-refractivity contribution in [2.45, 2.75) is 12.5 Å². The third-order valence-electron chi connectivity index (χ3n) is 4.30. The zero-order chi connectivity index (χ0) is 13.2. The van der Waals surface area contributed by atoms with Crippen molar-refractivity contribution in [3.8, 4) is 0 Å². The maximum Gasteiger partial charge on any atom is 0.254 e. The van der Waals surface area contributed by atoms with Gasteiger partial charge < -0.3 is 9.64 Å². The summed E-state index contributed by atoms with van der Waals surface area (Å²) in [5, 5.41) is 3.91. The fraction of sp³-hybridized carbons (Fsp3) is 0.643. The molecule has 19 heavy (non-hydrogen) atoms. The van der Waals surface area contributed by atoms with Gasteiger partial charge in [-0.1, -0.05) is 0 Å². The van der Waals surface area contributed by atoms with Crippen LogP contribution in [-0.2, 0) is 4.74 Å². The van der Waals surface area contributed by atoms with Gasteiger partial charge in [-0.05, 0) is 30.3 Å². The first-order chi connectivity index (χ1) is 9.29. The minimum absolute atomic E-state index is 0.197.